The first-order chi connectivity index (χ1) is 12.5. The number of nitrogens with zero attached hydrogens (tertiary/aromatic N) is 4. The van der Waals surface area contributed by atoms with Gasteiger partial charge in [-0.2, -0.15) is 14.6 Å². The van der Waals surface area contributed by atoms with Gasteiger partial charge < -0.3 is 5.32 Å². The average Bonchev–Trinajstić information content (AvgIpc) is 3.18. The summed E-state index contributed by atoms with van der Waals surface area (Å²) in [6.45, 7) is 1.43. The molecule has 3 aromatic rings. The van der Waals surface area contributed by atoms with Crippen molar-refractivity contribution in [3.63, 3.8) is 0 Å². The van der Waals surface area contributed by atoms with E-state index in [1.54, 1.807) is 12.1 Å². The van der Waals surface area contributed by atoms with Crippen molar-refractivity contribution in [2.45, 2.75) is 13.0 Å². The van der Waals surface area contributed by atoms with Crippen LogP contribution in [0.1, 0.15) is 27.6 Å². The second-order valence-electron chi connectivity index (χ2n) is 5.71. The topological polar surface area (TPSA) is 130 Å². The molecule has 1 aliphatic heterocycles. The lowest BCUT2D eigenvalue weighted by atomic mass is 10.1. The number of rotatable bonds is 3. The molecule has 2 aromatic heterocycles. The lowest BCUT2D eigenvalue weighted by Crippen LogP contribution is -2.45. The monoisotopic (exact) mass is 352 g/mol. The van der Waals surface area contributed by atoms with Gasteiger partial charge >= 0.3 is 0 Å². The molecule has 0 bridgehead atoms. The molecule has 1 aliphatic rings. The molecule has 130 valence electrons. The zero-order valence-corrected chi connectivity index (χ0v) is 13.5. The Morgan fingerprint density at radius 2 is 1.81 bits per heavy atom. The first-order valence-corrected chi connectivity index (χ1v) is 7.68. The third kappa shape index (κ3) is 2.27. The van der Waals surface area contributed by atoms with Crippen LogP contribution in [0.2, 0.25) is 0 Å². The molecule has 1 unspecified atom stereocenters. The van der Waals surface area contributed by atoms with Gasteiger partial charge in [0.05, 0.1) is 11.1 Å². The van der Waals surface area contributed by atoms with E-state index in [-0.39, 0.29) is 22.7 Å². The molecule has 0 saturated heterocycles. The molecule has 1 atom stereocenters. The van der Waals surface area contributed by atoms with Crippen molar-refractivity contribution in [3.8, 4) is 0 Å². The van der Waals surface area contributed by atoms with E-state index in [4.69, 9.17) is 0 Å². The number of hydrogen-bond acceptors (Lipinski definition) is 6. The van der Waals surface area contributed by atoms with Crippen molar-refractivity contribution < 1.29 is 14.4 Å². The number of nitrogens with one attached hydrogen (secondary N) is 2. The largest absolute Gasteiger partial charge is 0.309 e. The van der Waals surface area contributed by atoms with Gasteiger partial charge in [-0.3, -0.25) is 29.1 Å². The highest BCUT2D eigenvalue weighted by Crippen LogP contribution is 2.24. The third-order valence-electron chi connectivity index (χ3n) is 4.12. The quantitative estimate of drug-likeness (QED) is 0.640. The van der Waals surface area contributed by atoms with Crippen LogP contribution in [-0.2, 0) is 4.79 Å². The first-order valence-electron chi connectivity index (χ1n) is 7.68. The summed E-state index contributed by atoms with van der Waals surface area (Å²) in [5.41, 5.74) is 0.0353. The maximum atomic E-state index is 12.6. The molecule has 0 saturated carbocycles. The predicted octanol–water partition coefficient (Wildman–Crippen LogP) is 0.0408. The Morgan fingerprint density at radius 3 is 2.46 bits per heavy atom. The minimum Gasteiger partial charge on any atom is -0.309 e. The summed E-state index contributed by atoms with van der Waals surface area (Å²) in [5, 5.41) is 6.42. The van der Waals surface area contributed by atoms with E-state index in [1.807, 2.05) is 0 Å². The minimum absolute atomic E-state index is 0.0784. The Morgan fingerprint density at radius 1 is 1.15 bits per heavy atom. The summed E-state index contributed by atoms with van der Waals surface area (Å²) in [6.07, 6.45) is 1.22. The summed E-state index contributed by atoms with van der Waals surface area (Å²) in [5.74, 6) is -1.48. The van der Waals surface area contributed by atoms with Crippen molar-refractivity contribution in [2.75, 3.05) is 5.32 Å². The van der Waals surface area contributed by atoms with Crippen LogP contribution >= 0.6 is 0 Å². The van der Waals surface area contributed by atoms with Crippen LogP contribution < -0.4 is 10.9 Å². The molecule has 2 N–H and O–H groups in total. The molecule has 26 heavy (non-hydrogen) atoms. The van der Waals surface area contributed by atoms with Gasteiger partial charge in [0, 0.05) is 6.07 Å². The van der Waals surface area contributed by atoms with Crippen LogP contribution in [0.15, 0.2) is 41.5 Å². The van der Waals surface area contributed by atoms with Crippen LogP contribution in [0, 0.1) is 0 Å². The van der Waals surface area contributed by atoms with E-state index in [0.717, 1.165) is 11.0 Å². The van der Waals surface area contributed by atoms with Crippen LogP contribution in [-0.4, -0.2) is 48.2 Å². The molecule has 4 rings (SSSR count). The maximum Gasteiger partial charge on any atom is 0.262 e. The molecule has 0 aliphatic carbocycles. The molecule has 0 radical (unpaired) electrons. The number of benzene rings is 1. The summed E-state index contributed by atoms with van der Waals surface area (Å²) >= 11 is 0. The molecule has 10 heteroatoms. The van der Waals surface area contributed by atoms with Gasteiger partial charge in [-0.1, -0.05) is 12.1 Å². The zero-order chi connectivity index (χ0) is 18.4. The Bertz CT molecular complexity index is 1100. The maximum absolute atomic E-state index is 12.6. The number of amides is 3. The highest BCUT2D eigenvalue weighted by molar-refractivity contribution is 6.23. The standard InChI is InChI=1S/C16H12N6O4/c1-8(21-14(25)9-4-2-3-5-10(9)15(21)26)13(24)19-11-6-12(23)20-16-17-7-18-22(11)16/h2-8H,1H3,(H,19,24)(H,17,18,20,23). The summed E-state index contributed by atoms with van der Waals surface area (Å²) < 4.78 is 1.23. The molecule has 1 aromatic carbocycles. The first kappa shape index (κ1) is 15.7. The number of aromatic nitrogens is 4. The van der Waals surface area contributed by atoms with Gasteiger partial charge in [0.25, 0.3) is 17.4 Å². The number of anilines is 1. The van der Waals surface area contributed by atoms with Crippen molar-refractivity contribution >= 4 is 29.3 Å². The highest BCUT2D eigenvalue weighted by Gasteiger charge is 2.40. The average molecular weight is 352 g/mol. The second-order valence-corrected chi connectivity index (χ2v) is 5.71. The van der Waals surface area contributed by atoms with Gasteiger partial charge in [0.2, 0.25) is 11.7 Å². The van der Waals surface area contributed by atoms with Gasteiger partial charge in [0.1, 0.15) is 18.2 Å². The van der Waals surface area contributed by atoms with Crippen LogP contribution in [0.25, 0.3) is 5.78 Å². The lowest BCUT2D eigenvalue weighted by molar-refractivity contribution is -0.119. The molecular weight excluding hydrogens is 340 g/mol. The summed E-state index contributed by atoms with van der Waals surface area (Å²) in [4.78, 5) is 56.4. The van der Waals surface area contributed by atoms with Gasteiger partial charge in [-0.15, -0.1) is 0 Å². The minimum atomic E-state index is -1.08. The van der Waals surface area contributed by atoms with Crippen molar-refractivity contribution in [2.24, 2.45) is 0 Å². The molecule has 0 fully saturated rings. The van der Waals surface area contributed by atoms with Gasteiger partial charge in [-0.05, 0) is 19.1 Å². The SMILES string of the molecule is CC(C(=O)Nc1cc(=O)[nH]c2ncnn12)N1C(=O)c2ccccc2C1=O. The number of fused-ring (bicyclic) bond motifs is 2. The summed E-state index contributed by atoms with van der Waals surface area (Å²) in [7, 11) is 0. The van der Waals surface area contributed by atoms with Crippen molar-refractivity contribution in [3.05, 3.63) is 58.1 Å². The number of carbonyl (C=O) groups is 3. The smallest absolute Gasteiger partial charge is 0.262 e. The van der Waals surface area contributed by atoms with Crippen LogP contribution in [0.5, 0.6) is 0 Å². The van der Waals surface area contributed by atoms with E-state index in [9.17, 15) is 19.2 Å². The van der Waals surface area contributed by atoms with E-state index < -0.39 is 29.3 Å². The van der Waals surface area contributed by atoms with E-state index >= 15 is 0 Å². The highest BCUT2D eigenvalue weighted by atomic mass is 16.2. The normalized spacial score (nSPS) is 14.6. The second kappa shape index (κ2) is 5.62. The Balaban J connectivity index is 1.63. The van der Waals surface area contributed by atoms with E-state index in [1.165, 1.54) is 29.9 Å². The summed E-state index contributed by atoms with van der Waals surface area (Å²) in [6, 6.07) is 6.42. The fourth-order valence-electron chi connectivity index (χ4n) is 2.83. The molecular formula is C16H12N6O4. The van der Waals surface area contributed by atoms with E-state index in [0.29, 0.717) is 0 Å². The molecule has 3 heterocycles. The van der Waals surface area contributed by atoms with Crippen molar-refractivity contribution in [1.82, 2.24) is 24.5 Å². The molecule has 3 amide bonds. The number of H-pyrrole nitrogens is 1. The fourth-order valence-corrected chi connectivity index (χ4v) is 2.83. The van der Waals surface area contributed by atoms with Gasteiger partial charge in [0.15, 0.2) is 0 Å². The van der Waals surface area contributed by atoms with Crippen LogP contribution in [0.3, 0.4) is 0 Å². The van der Waals surface area contributed by atoms with Crippen molar-refractivity contribution in [1.29, 1.82) is 0 Å². The molecule has 10 nitrogen and oxygen atoms in total. The Hall–Kier alpha value is -3.82. The Labute approximate surface area is 145 Å². The lowest BCUT2D eigenvalue weighted by Gasteiger charge is -2.21. The number of carbonyl (C=O) groups excluding carboxylic acids is 3. The predicted molar refractivity (Wildman–Crippen MR) is 88.6 cm³/mol. The zero-order valence-electron chi connectivity index (χ0n) is 13.5. The molecule has 0 spiro atoms. The number of aromatic amines is 1. The Kier molecular flexibility index (Phi) is 3.39. The third-order valence-corrected chi connectivity index (χ3v) is 4.12. The van der Waals surface area contributed by atoms with E-state index in [2.05, 4.69) is 20.4 Å². The van der Waals surface area contributed by atoms with Crippen LogP contribution in [0.4, 0.5) is 5.82 Å². The van der Waals surface area contributed by atoms with Gasteiger partial charge in [-0.25, -0.2) is 0 Å². The number of imide groups is 1. The number of hydrogen-bond donors (Lipinski definition) is 2. The fraction of sp³-hybridized carbons (Fsp3) is 0.125.